The summed E-state index contributed by atoms with van der Waals surface area (Å²) in [6, 6.07) is 28.0. The van der Waals surface area contributed by atoms with Gasteiger partial charge >= 0.3 is 0 Å². The summed E-state index contributed by atoms with van der Waals surface area (Å²) in [5.74, 6) is 3.39. The van der Waals surface area contributed by atoms with E-state index in [4.69, 9.17) is 110 Å². The number of nitrogens with one attached hydrogen (secondary N) is 5. The Morgan fingerprint density at radius 3 is 1.06 bits per heavy atom. The topological polar surface area (TPSA) is 233 Å². The largest absolute Gasteiger partial charge is 0.484 e. The van der Waals surface area contributed by atoms with Crippen molar-refractivity contribution in [1.29, 1.82) is 0 Å². The van der Waals surface area contributed by atoms with Gasteiger partial charge in [-0.2, -0.15) is 13.1 Å². The molecule has 3 aliphatic heterocycles. The molecule has 0 saturated carbocycles. The Hall–Kier alpha value is -3.17. The minimum atomic E-state index is -0.130. The van der Waals surface area contributed by atoms with Crippen LogP contribution in [0.5, 0.6) is 34.9 Å². The molecule has 35 heteroatoms. The summed E-state index contributed by atoms with van der Waals surface area (Å²) in [6.45, 7) is 9.10. The van der Waals surface area contributed by atoms with E-state index in [1.54, 1.807) is 91.0 Å². The van der Waals surface area contributed by atoms with E-state index in [2.05, 4.69) is 96.4 Å². The first kappa shape index (κ1) is 83.3. The van der Waals surface area contributed by atoms with Gasteiger partial charge in [0.25, 0.3) is 23.3 Å². The fourth-order valence-electron chi connectivity index (χ4n) is 8.30. The molecule has 20 nitrogen and oxygen atoms in total. The molecule has 94 heavy (non-hydrogen) atoms. The number of rotatable bonds is 24. The minimum absolute atomic E-state index is 0. The van der Waals surface area contributed by atoms with Crippen molar-refractivity contribution in [1.82, 2.24) is 48.6 Å². The van der Waals surface area contributed by atoms with Gasteiger partial charge in [-0.3, -0.25) is 33.4 Å². The molecule has 7 aromatic rings. The zero-order valence-corrected chi connectivity index (χ0v) is 64.5. The molecule has 3 aromatic carbocycles. The summed E-state index contributed by atoms with van der Waals surface area (Å²) in [5, 5.41) is 17.1. The molecule has 10 rings (SSSR count). The number of likely N-dealkylation sites (tertiary alicyclic amines) is 2. The maximum absolute atomic E-state index is 12.1. The van der Waals surface area contributed by atoms with Crippen LogP contribution in [-0.2, 0) is 14.4 Å². The Morgan fingerprint density at radius 2 is 0.798 bits per heavy atom. The average Bonchev–Trinajstić information content (AvgIpc) is 2.11. The van der Waals surface area contributed by atoms with E-state index < -0.39 is 0 Å². The van der Waals surface area contributed by atoms with Crippen molar-refractivity contribution in [2.24, 2.45) is 0 Å². The van der Waals surface area contributed by atoms with Crippen LogP contribution in [0.1, 0.15) is 38.5 Å². The predicted octanol–water partition coefficient (Wildman–Crippen LogP) is 14.4. The second-order valence-electron chi connectivity index (χ2n) is 19.7. The smallest absolute Gasteiger partial charge is 0.259 e. The summed E-state index contributed by atoms with van der Waals surface area (Å²) in [7, 11) is 0. The number of aromatic amines is 1. The molecule has 3 aliphatic rings. The number of carbonyl (C=O) groups excluding carboxylic acids is 3. The van der Waals surface area contributed by atoms with Gasteiger partial charge < -0.3 is 49.7 Å². The number of carbonyl (C=O) groups is 3. The number of hydrogen-bond acceptors (Lipinski definition) is 20. The quantitative estimate of drug-likeness (QED) is 0.0354. The number of aromatic nitrogens is 4. The molecule has 0 atom stereocenters. The summed E-state index contributed by atoms with van der Waals surface area (Å²) in [5.41, 5.74) is -0.130. The third kappa shape index (κ3) is 37.7. The number of hydrogen-bond donors (Lipinski definition) is 5. The molecule has 4 aromatic heterocycles. The summed E-state index contributed by atoms with van der Waals surface area (Å²) >= 11 is 54.5. The molecule has 0 radical (unpaired) electrons. The minimum Gasteiger partial charge on any atom is -0.484 e. The van der Waals surface area contributed by atoms with E-state index in [-0.39, 0.29) is 73.6 Å². The third-order valence-corrected chi connectivity index (χ3v) is 19.3. The molecule has 3 fully saturated rings. The van der Waals surface area contributed by atoms with Gasteiger partial charge in [0.05, 0.1) is 6.61 Å². The Balaban J connectivity index is 0.000000262. The van der Waals surface area contributed by atoms with E-state index in [9.17, 15) is 19.2 Å². The van der Waals surface area contributed by atoms with E-state index >= 15 is 0 Å². The predicted molar refractivity (Wildman–Crippen MR) is 397 cm³/mol. The van der Waals surface area contributed by atoms with Gasteiger partial charge in [-0.25, -0.2) is 0 Å². The van der Waals surface area contributed by atoms with Crippen molar-refractivity contribution >= 4 is 205 Å². The van der Waals surface area contributed by atoms with Crippen molar-refractivity contribution in [2.75, 3.05) is 108 Å². The van der Waals surface area contributed by atoms with Crippen LogP contribution in [-0.4, -0.2) is 171 Å². The molecule has 0 unspecified atom stereocenters. The number of ether oxygens (including phenoxy) is 6. The Kier molecular flexibility index (Phi) is 43.7. The lowest BCUT2D eigenvalue weighted by Crippen LogP contribution is -2.46. The van der Waals surface area contributed by atoms with Crippen LogP contribution in [0, 0.1) is 0 Å². The van der Waals surface area contributed by atoms with Gasteiger partial charge in [-0.15, -0.1) is 12.4 Å². The number of piperidine rings is 3. The van der Waals surface area contributed by atoms with Crippen LogP contribution in [0.2, 0.25) is 32.4 Å². The van der Waals surface area contributed by atoms with Gasteiger partial charge in [0.1, 0.15) is 47.8 Å². The highest BCUT2D eigenvalue weighted by molar-refractivity contribution is 9.12. The molecule has 7 heterocycles. The van der Waals surface area contributed by atoms with Gasteiger partial charge in [0.2, 0.25) is 17.6 Å². The van der Waals surface area contributed by atoms with E-state index in [0.717, 1.165) is 118 Å². The summed E-state index contributed by atoms with van der Waals surface area (Å²) in [4.78, 5) is 50.6. The van der Waals surface area contributed by atoms with Crippen molar-refractivity contribution in [2.45, 2.75) is 56.7 Å². The van der Waals surface area contributed by atoms with E-state index in [1.165, 1.54) is 40.7 Å². The summed E-state index contributed by atoms with van der Waals surface area (Å²) < 4.78 is 49.6. The Morgan fingerprint density at radius 1 is 0.468 bits per heavy atom. The molecule has 0 spiro atoms. The van der Waals surface area contributed by atoms with Gasteiger partial charge in [-0.1, -0.05) is 129 Å². The Labute approximate surface area is 629 Å². The number of alkyl halides is 3. The van der Waals surface area contributed by atoms with Crippen LogP contribution < -0.4 is 55.2 Å². The maximum Gasteiger partial charge on any atom is 0.259 e. The monoisotopic (exact) mass is 1720 g/mol. The maximum atomic E-state index is 12.1. The number of H-pyrrole nitrogens is 1. The first-order valence-electron chi connectivity index (χ1n) is 28.9. The van der Waals surface area contributed by atoms with Crippen LogP contribution >= 0.6 is 188 Å². The lowest BCUT2D eigenvalue weighted by atomic mass is 10.1. The van der Waals surface area contributed by atoms with Crippen molar-refractivity contribution in [3.05, 3.63) is 140 Å². The highest BCUT2D eigenvalue weighted by Crippen LogP contribution is 2.24. The molecule has 0 aliphatic carbocycles. The highest BCUT2D eigenvalue weighted by atomic mass is 79.9. The third-order valence-electron chi connectivity index (χ3n) is 12.7. The second kappa shape index (κ2) is 49.4. The van der Waals surface area contributed by atoms with Crippen molar-refractivity contribution in [3.8, 4) is 34.9 Å². The molecule has 3 saturated heterocycles. The molecular formula is C59H71Br3Cl8N10O10S4. The molecular weight excluding hydrogens is 1660 g/mol. The first-order chi connectivity index (χ1) is 44.9. The van der Waals surface area contributed by atoms with Crippen molar-refractivity contribution in [3.63, 3.8) is 0 Å². The normalized spacial score (nSPS) is 14.1. The number of amides is 3. The number of benzene rings is 3. The van der Waals surface area contributed by atoms with Crippen LogP contribution in [0.3, 0.4) is 0 Å². The molecule has 0 bridgehead atoms. The van der Waals surface area contributed by atoms with Gasteiger partial charge in [-0.05, 0) is 171 Å². The molecule has 518 valence electrons. The van der Waals surface area contributed by atoms with E-state index in [1.807, 2.05) is 0 Å². The zero-order valence-electron chi connectivity index (χ0n) is 50.4. The van der Waals surface area contributed by atoms with Crippen molar-refractivity contribution < 1.29 is 42.8 Å². The average molecular weight is 1730 g/mol. The lowest BCUT2D eigenvalue weighted by Gasteiger charge is -2.32. The van der Waals surface area contributed by atoms with Crippen LogP contribution in [0.4, 0.5) is 0 Å². The number of nitrogens with zero attached hydrogens (tertiary/aromatic N) is 5. The molecule has 3 amide bonds. The number of halogens is 11. The molecule has 5 N–H and O–H groups in total. The zero-order chi connectivity index (χ0) is 67.0. The van der Waals surface area contributed by atoms with Gasteiger partial charge in [0.15, 0.2) is 19.8 Å². The van der Waals surface area contributed by atoms with Crippen LogP contribution in [0.25, 0.3) is 0 Å². The lowest BCUT2D eigenvalue weighted by molar-refractivity contribution is -0.124. The van der Waals surface area contributed by atoms with Gasteiger partial charge in [0, 0.05) is 113 Å². The second-order valence-corrected chi connectivity index (χ2v) is 29.2. The van der Waals surface area contributed by atoms with E-state index in [0.29, 0.717) is 87.1 Å². The first-order valence-corrected chi connectivity index (χ1v) is 38.0. The fraction of sp³-hybridized carbons (Fsp3) is 0.441. The highest BCUT2D eigenvalue weighted by Gasteiger charge is 2.23. The Bertz CT molecular complexity index is 3110. The SMILES string of the molecule is BrCCBr.Cl.Clc1cc(OCCBr)ns1.O=C(COc1ccc(Cl)cc1)NC1CCN(CCOc2cc(Cl)sn2)CC1.O=C(COc1ccc(Cl)cc1)NC1CCN(CCOc2cc(Cl)sn2)CC1.O=C(COc1ccc(Cl)cc1)NC1CCNCC1.O=c1cc(Cl)s[nH]1. The standard InChI is InChI=1S/2C18H21Cl2N3O3S.C13H17ClN2O2.C5H5BrClNOS.C3H2ClNOS.C2H4Br2.ClH/c2*19-13-1-3-15(4-2-13)26-12-17(24)21-14-5-7-23(8-6-14)9-10-25-18-11-16(20)27-22-18;14-10-1-3-12(4-2-10)18-9-13(17)16-11-5-7-15-8-6-11;6-1-2-9-5-3-4(7)10-8-5;4-2-1-3(6)5-7-2;3-1-2-4;/h2*1-4,11,14H,5-10,12H2,(H,21,24);1-4,11,15H,5-9H2,(H,16,17);3H,1-2H2;1H,(H,5,6);1-2H2;1H. The van der Waals surface area contributed by atoms with Crippen LogP contribution in [0.15, 0.2) is 102 Å². The summed E-state index contributed by atoms with van der Waals surface area (Å²) in [6.07, 6.45) is 5.61. The fourth-order valence-corrected chi connectivity index (χ4v) is 11.4.